The van der Waals surface area contributed by atoms with Crippen molar-refractivity contribution in [1.29, 1.82) is 0 Å². The number of nitrogens with zero attached hydrogens (tertiary/aromatic N) is 2. The number of unbranched alkanes of at least 4 members (excludes halogenated alkanes) is 2. The summed E-state index contributed by atoms with van der Waals surface area (Å²) < 4.78 is 11.8. The summed E-state index contributed by atoms with van der Waals surface area (Å²) in [5, 5.41) is 3.80. The van der Waals surface area contributed by atoms with Crippen LogP contribution in [0.3, 0.4) is 0 Å². The third kappa shape index (κ3) is 9.48. The van der Waals surface area contributed by atoms with Gasteiger partial charge in [0.05, 0.1) is 12.8 Å². The number of hydrogen-bond acceptors (Lipinski definition) is 5. The van der Waals surface area contributed by atoms with Crippen LogP contribution in [0.15, 0.2) is 29.4 Å². The molecule has 1 aromatic carbocycles. The van der Waals surface area contributed by atoms with Gasteiger partial charge >= 0.3 is 0 Å². The number of hydrogen-bond donors (Lipinski definition) is 0. The molecule has 0 atom stereocenters. The average molecular weight is 377 g/mol. The molecule has 152 valence electrons. The van der Waals surface area contributed by atoms with Gasteiger partial charge in [0.2, 0.25) is 0 Å². The Labute approximate surface area is 165 Å². The second-order valence-electron chi connectivity index (χ2n) is 6.54. The van der Waals surface area contributed by atoms with Gasteiger partial charge in [-0.2, -0.15) is 0 Å². The zero-order valence-electron chi connectivity index (χ0n) is 17.7. The van der Waals surface area contributed by atoms with Crippen molar-refractivity contribution in [2.45, 2.75) is 47.0 Å². The summed E-state index contributed by atoms with van der Waals surface area (Å²) in [4.78, 5) is 7.05. The van der Waals surface area contributed by atoms with Gasteiger partial charge in [0.15, 0.2) is 0 Å². The maximum Gasteiger partial charge on any atom is 0.125 e. The first-order valence-corrected chi connectivity index (χ1v) is 9.87. The molecule has 5 nitrogen and oxygen atoms in total. The lowest BCUT2D eigenvalue weighted by molar-refractivity contribution is 0.212. The van der Waals surface area contributed by atoms with Crippen LogP contribution in [-0.2, 0) is 4.84 Å². The Morgan fingerprint density at radius 3 is 2.44 bits per heavy atom. The summed E-state index contributed by atoms with van der Waals surface area (Å²) in [5.74, 6) is 1.88. The summed E-state index contributed by atoms with van der Waals surface area (Å²) in [6.45, 7) is 12.6. The van der Waals surface area contributed by atoms with E-state index >= 15 is 0 Å². The Morgan fingerprint density at radius 1 is 1.07 bits per heavy atom. The van der Waals surface area contributed by atoms with Gasteiger partial charge in [0, 0.05) is 6.54 Å². The van der Waals surface area contributed by atoms with Gasteiger partial charge < -0.3 is 14.3 Å². The predicted molar refractivity (Wildman–Crippen MR) is 113 cm³/mol. The second-order valence-corrected chi connectivity index (χ2v) is 6.54. The van der Waals surface area contributed by atoms with Crippen LogP contribution in [0.25, 0.3) is 0 Å². The van der Waals surface area contributed by atoms with Crippen LogP contribution in [-0.4, -0.2) is 51.1 Å². The molecule has 0 spiro atoms. The van der Waals surface area contributed by atoms with Gasteiger partial charge in [-0.05, 0) is 76.4 Å². The smallest absolute Gasteiger partial charge is 0.125 e. The van der Waals surface area contributed by atoms with E-state index < -0.39 is 0 Å². The van der Waals surface area contributed by atoms with Crippen molar-refractivity contribution < 1.29 is 14.3 Å². The van der Waals surface area contributed by atoms with Crippen molar-refractivity contribution in [1.82, 2.24) is 4.90 Å². The third-order valence-corrected chi connectivity index (χ3v) is 4.35. The fourth-order valence-electron chi connectivity index (χ4n) is 2.85. The van der Waals surface area contributed by atoms with Crippen LogP contribution in [0.5, 0.6) is 11.5 Å². The lowest BCUT2D eigenvalue weighted by atomic mass is 10.1. The molecule has 1 aromatic rings. The highest BCUT2D eigenvalue weighted by atomic mass is 16.6. The standard InChI is InChI=1S/C22H36N2O3/c1-6-8-15-26-21-17-19(3)22(20(4)18-21)27-16-11-9-10-13-24(7-2)14-12-23-25-5/h6,8,12,17-18H,7,9-11,13-16H2,1-5H3/b8-6+,23-12+. The number of ether oxygens (including phenoxy) is 2. The minimum absolute atomic E-state index is 0.599. The van der Waals surface area contributed by atoms with Gasteiger partial charge in [0.1, 0.15) is 25.2 Å². The molecule has 0 aliphatic rings. The van der Waals surface area contributed by atoms with Crippen LogP contribution >= 0.6 is 0 Å². The van der Waals surface area contributed by atoms with Gasteiger partial charge in [-0.15, -0.1) is 0 Å². The zero-order valence-corrected chi connectivity index (χ0v) is 17.7. The highest BCUT2D eigenvalue weighted by Crippen LogP contribution is 2.28. The van der Waals surface area contributed by atoms with Crippen LogP contribution in [0.2, 0.25) is 0 Å². The molecule has 0 amide bonds. The molecule has 0 N–H and O–H groups in total. The van der Waals surface area contributed by atoms with Crippen molar-refractivity contribution >= 4 is 6.21 Å². The summed E-state index contributed by atoms with van der Waals surface area (Å²) in [6.07, 6.45) is 9.17. The molecule has 0 aliphatic carbocycles. The molecule has 0 fully saturated rings. The molecule has 0 bridgehead atoms. The fourth-order valence-corrected chi connectivity index (χ4v) is 2.85. The Morgan fingerprint density at radius 2 is 1.81 bits per heavy atom. The number of rotatable bonds is 14. The van der Waals surface area contributed by atoms with E-state index in [4.69, 9.17) is 14.3 Å². The fraction of sp³-hybridized carbons (Fsp3) is 0.591. The molecule has 27 heavy (non-hydrogen) atoms. The topological polar surface area (TPSA) is 43.3 Å². The number of allylic oxidation sites excluding steroid dienone is 1. The van der Waals surface area contributed by atoms with E-state index in [-0.39, 0.29) is 0 Å². The largest absolute Gasteiger partial charge is 0.493 e. The Kier molecular flexibility index (Phi) is 12.0. The van der Waals surface area contributed by atoms with E-state index in [2.05, 4.69) is 30.8 Å². The summed E-state index contributed by atoms with van der Waals surface area (Å²) in [5.41, 5.74) is 2.25. The molecule has 0 unspecified atom stereocenters. The molecule has 1 rings (SSSR count). The van der Waals surface area contributed by atoms with E-state index in [0.717, 1.165) is 68.1 Å². The minimum atomic E-state index is 0.599. The van der Waals surface area contributed by atoms with Crippen LogP contribution in [0.1, 0.15) is 44.2 Å². The molecule has 0 saturated heterocycles. The van der Waals surface area contributed by atoms with E-state index in [1.54, 1.807) is 7.11 Å². The summed E-state index contributed by atoms with van der Waals surface area (Å²) in [6, 6.07) is 4.10. The average Bonchev–Trinajstić information content (AvgIpc) is 2.65. The van der Waals surface area contributed by atoms with Crippen molar-refractivity contribution in [3.05, 3.63) is 35.4 Å². The number of benzene rings is 1. The number of aryl methyl sites for hydroxylation is 2. The van der Waals surface area contributed by atoms with Gasteiger partial charge in [0.25, 0.3) is 0 Å². The van der Waals surface area contributed by atoms with E-state index in [0.29, 0.717) is 6.61 Å². The lowest BCUT2D eigenvalue weighted by Crippen LogP contribution is -2.26. The number of oxime groups is 1. The molecule has 5 heteroatoms. The maximum atomic E-state index is 6.04. The molecular weight excluding hydrogens is 340 g/mol. The van der Waals surface area contributed by atoms with Crippen LogP contribution in [0, 0.1) is 13.8 Å². The van der Waals surface area contributed by atoms with Crippen molar-refractivity contribution in [2.75, 3.05) is 40.0 Å². The van der Waals surface area contributed by atoms with Gasteiger partial charge in [-0.1, -0.05) is 24.2 Å². The summed E-state index contributed by atoms with van der Waals surface area (Å²) in [7, 11) is 1.57. The first kappa shape index (κ1) is 23.0. The second kappa shape index (κ2) is 14.1. The third-order valence-electron chi connectivity index (χ3n) is 4.35. The van der Waals surface area contributed by atoms with Crippen molar-refractivity contribution in [3.8, 4) is 11.5 Å². The minimum Gasteiger partial charge on any atom is -0.493 e. The molecule has 0 aliphatic heterocycles. The molecule has 0 radical (unpaired) electrons. The zero-order chi connectivity index (χ0) is 19.9. The van der Waals surface area contributed by atoms with Crippen LogP contribution in [0.4, 0.5) is 0 Å². The maximum absolute atomic E-state index is 6.04. The van der Waals surface area contributed by atoms with E-state index in [1.807, 2.05) is 37.4 Å². The monoisotopic (exact) mass is 376 g/mol. The highest BCUT2D eigenvalue weighted by molar-refractivity contribution is 5.58. The first-order chi connectivity index (χ1) is 13.1. The molecule has 0 heterocycles. The molecule has 0 saturated carbocycles. The van der Waals surface area contributed by atoms with E-state index in [9.17, 15) is 0 Å². The highest BCUT2D eigenvalue weighted by Gasteiger charge is 2.07. The van der Waals surface area contributed by atoms with Crippen LogP contribution < -0.4 is 9.47 Å². The van der Waals surface area contributed by atoms with Crippen molar-refractivity contribution in [3.63, 3.8) is 0 Å². The Hall–Kier alpha value is -2.01. The van der Waals surface area contributed by atoms with Crippen molar-refractivity contribution in [2.24, 2.45) is 5.16 Å². The molecule has 0 aromatic heterocycles. The van der Waals surface area contributed by atoms with Gasteiger partial charge in [-0.25, -0.2) is 0 Å². The molecular formula is C22H36N2O3. The SMILES string of the molecule is C/C=C/COc1cc(C)c(OCCCCCN(CC)C/C=N/OC)c(C)c1. The van der Waals surface area contributed by atoms with E-state index in [1.165, 1.54) is 0 Å². The first-order valence-electron chi connectivity index (χ1n) is 9.87. The normalized spacial score (nSPS) is 11.6. The Bertz CT molecular complexity index is 562. The summed E-state index contributed by atoms with van der Waals surface area (Å²) >= 11 is 0. The Balaban J connectivity index is 2.32. The lowest BCUT2D eigenvalue weighted by Gasteiger charge is -2.18. The quantitative estimate of drug-likeness (QED) is 0.203. The van der Waals surface area contributed by atoms with Gasteiger partial charge in [-0.3, -0.25) is 4.90 Å². The predicted octanol–water partition coefficient (Wildman–Crippen LogP) is 4.76.